The zero-order chi connectivity index (χ0) is 19.9. The van der Waals surface area contributed by atoms with E-state index in [-0.39, 0.29) is 6.54 Å². The van der Waals surface area contributed by atoms with E-state index in [2.05, 4.69) is 10.6 Å². The first-order valence-corrected chi connectivity index (χ1v) is 9.64. The van der Waals surface area contributed by atoms with E-state index in [4.69, 9.17) is 4.74 Å². The van der Waals surface area contributed by atoms with Crippen molar-refractivity contribution < 1.29 is 19.4 Å². The molecule has 2 aromatic rings. The van der Waals surface area contributed by atoms with Gasteiger partial charge in [-0.05, 0) is 49.1 Å². The highest BCUT2D eigenvalue weighted by atomic mass is 32.2. The number of nitrogens with one attached hydrogen (secondary N) is 2. The van der Waals surface area contributed by atoms with Crippen LogP contribution in [0.25, 0.3) is 0 Å². The number of hydrogen-bond acceptors (Lipinski definition) is 5. The van der Waals surface area contributed by atoms with Crippen LogP contribution in [0.4, 0.5) is 5.69 Å². The maximum atomic E-state index is 12.0. The van der Waals surface area contributed by atoms with Crippen molar-refractivity contribution in [2.45, 2.75) is 23.8 Å². The van der Waals surface area contributed by atoms with Crippen molar-refractivity contribution in [2.75, 3.05) is 25.2 Å². The number of anilines is 1. The van der Waals surface area contributed by atoms with Crippen molar-refractivity contribution in [1.82, 2.24) is 5.32 Å². The Kier molecular flexibility index (Phi) is 7.27. The molecule has 2 amide bonds. The van der Waals surface area contributed by atoms with E-state index in [0.717, 1.165) is 16.2 Å². The Bertz CT molecular complexity index is 791. The Labute approximate surface area is 163 Å². The normalized spacial score (nSPS) is 12.7. The van der Waals surface area contributed by atoms with E-state index in [1.165, 1.54) is 0 Å². The molecule has 1 unspecified atom stereocenters. The number of amides is 2. The first kappa shape index (κ1) is 20.8. The third-order valence-corrected chi connectivity index (χ3v) is 4.63. The zero-order valence-electron chi connectivity index (χ0n) is 15.6. The van der Waals surface area contributed by atoms with Crippen LogP contribution in [-0.2, 0) is 16.0 Å². The number of methoxy groups -OCH3 is 1. The Morgan fingerprint density at radius 1 is 1.15 bits per heavy atom. The van der Waals surface area contributed by atoms with Crippen LogP contribution in [0.1, 0.15) is 12.5 Å². The lowest BCUT2D eigenvalue weighted by atomic mass is 9.96. The number of ether oxygens (including phenoxy) is 1. The molecule has 0 saturated carbocycles. The number of benzene rings is 2. The minimum absolute atomic E-state index is 0.0455. The van der Waals surface area contributed by atoms with Gasteiger partial charge in [0.15, 0.2) is 0 Å². The van der Waals surface area contributed by atoms with Crippen molar-refractivity contribution in [1.29, 1.82) is 0 Å². The van der Waals surface area contributed by atoms with Crippen LogP contribution in [0.2, 0.25) is 0 Å². The molecule has 0 fully saturated rings. The molecule has 6 nitrogen and oxygen atoms in total. The van der Waals surface area contributed by atoms with Gasteiger partial charge in [0.2, 0.25) is 0 Å². The number of carbonyl (C=O) groups excluding carboxylic acids is 2. The van der Waals surface area contributed by atoms with Crippen LogP contribution < -0.4 is 15.4 Å². The number of rotatable bonds is 7. The number of carbonyl (C=O) groups is 2. The fourth-order valence-electron chi connectivity index (χ4n) is 2.49. The molecule has 0 spiro atoms. The Balaban J connectivity index is 1.87. The first-order chi connectivity index (χ1) is 12.8. The summed E-state index contributed by atoms with van der Waals surface area (Å²) >= 11 is 1.54. The number of thioether (sulfide) groups is 1. The van der Waals surface area contributed by atoms with Crippen LogP contribution in [0.15, 0.2) is 53.4 Å². The molecule has 1 atom stereocenters. The molecule has 0 aliphatic heterocycles. The molecule has 0 saturated heterocycles. The largest absolute Gasteiger partial charge is 0.497 e. The van der Waals surface area contributed by atoms with Gasteiger partial charge in [0.05, 0.1) is 12.7 Å². The standard InChI is InChI=1S/C20H24N2O4S/c1-20(25,12-14-7-9-16(26-2)10-8-14)13-21-18(23)19(24)22-15-5-4-6-17(11-15)27-3/h4-11,25H,12-13H2,1-3H3,(H,21,23)(H,22,24). The summed E-state index contributed by atoms with van der Waals surface area (Å²) in [6.07, 6.45) is 2.26. The molecular weight excluding hydrogens is 364 g/mol. The maximum Gasteiger partial charge on any atom is 0.313 e. The fraction of sp³-hybridized carbons (Fsp3) is 0.300. The predicted octanol–water partition coefficient (Wildman–Crippen LogP) is 2.47. The third-order valence-electron chi connectivity index (χ3n) is 3.91. The van der Waals surface area contributed by atoms with Crippen LogP contribution in [0.3, 0.4) is 0 Å². The predicted molar refractivity (Wildman–Crippen MR) is 107 cm³/mol. The molecular formula is C20H24N2O4S. The van der Waals surface area contributed by atoms with E-state index < -0.39 is 17.4 Å². The lowest BCUT2D eigenvalue weighted by molar-refractivity contribution is -0.136. The minimum Gasteiger partial charge on any atom is -0.497 e. The second-order valence-corrected chi connectivity index (χ2v) is 7.27. The molecule has 2 rings (SSSR count). The summed E-state index contributed by atoms with van der Waals surface area (Å²) in [5, 5.41) is 15.5. The van der Waals surface area contributed by atoms with Crippen LogP contribution >= 0.6 is 11.8 Å². The summed E-state index contributed by atoms with van der Waals surface area (Å²) in [7, 11) is 1.59. The second-order valence-electron chi connectivity index (χ2n) is 6.39. The Morgan fingerprint density at radius 3 is 2.48 bits per heavy atom. The maximum absolute atomic E-state index is 12.0. The first-order valence-electron chi connectivity index (χ1n) is 8.41. The SMILES string of the molecule is COc1ccc(CC(C)(O)CNC(=O)C(=O)Nc2cccc(SC)c2)cc1. The molecule has 144 valence electrons. The van der Waals surface area contributed by atoms with Crippen molar-refractivity contribution in [3.8, 4) is 5.75 Å². The molecule has 0 aliphatic carbocycles. The average Bonchev–Trinajstić information content (AvgIpc) is 2.66. The number of hydrogen-bond donors (Lipinski definition) is 3. The van der Waals surface area contributed by atoms with Crippen LogP contribution in [0, 0.1) is 0 Å². The Hall–Kier alpha value is -2.51. The van der Waals surface area contributed by atoms with Gasteiger partial charge in [-0.25, -0.2) is 0 Å². The van der Waals surface area contributed by atoms with E-state index in [1.807, 2.05) is 24.5 Å². The Morgan fingerprint density at radius 2 is 1.85 bits per heavy atom. The summed E-state index contributed by atoms with van der Waals surface area (Å²) in [6, 6.07) is 14.5. The zero-order valence-corrected chi connectivity index (χ0v) is 16.4. The van der Waals surface area contributed by atoms with E-state index in [0.29, 0.717) is 12.1 Å². The topological polar surface area (TPSA) is 87.7 Å². The third kappa shape index (κ3) is 6.62. The van der Waals surface area contributed by atoms with Gasteiger partial charge in [-0.3, -0.25) is 9.59 Å². The monoisotopic (exact) mass is 388 g/mol. The van der Waals surface area contributed by atoms with Crippen LogP contribution in [-0.4, -0.2) is 42.4 Å². The van der Waals surface area contributed by atoms with Crippen molar-refractivity contribution in [2.24, 2.45) is 0 Å². The summed E-state index contributed by atoms with van der Waals surface area (Å²) < 4.78 is 5.10. The number of aliphatic hydroxyl groups is 1. The van der Waals surface area contributed by atoms with Crippen LogP contribution in [0.5, 0.6) is 5.75 Å². The van der Waals surface area contributed by atoms with Gasteiger partial charge in [0.1, 0.15) is 5.75 Å². The molecule has 0 heterocycles. The van der Waals surface area contributed by atoms with Crippen molar-refractivity contribution in [3.63, 3.8) is 0 Å². The summed E-state index contributed by atoms with van der Waals surface area (Å²) in [6.45, 7) is 1.56. The molecule has 0 bridgehead atoms. The summed E-state index contributed by atoms with van der Waals surface area (Å²) in [5.41, 5.74) is 0.254. The van der Waals surface area contributed by atoms with E-state index >= 15 is 0 Å². The smallest absolute Gasteiger partial charge is 0.313 e. The van der Waals surface area contributed by atoms with E-state index in [1.54, 1.807) is 56.1 Å². The molecule has 7 heteroatoms. The molecule has 27 heavy (non-hydrogen) atoms. The lowest BCUT2D eigenvalue weighted by Crippen LogP contribution is -2.45. The lowest BCUT2D eigenvalue weighted by Gasteiger charge is -2.23. The van der Waals surface area contributed by atoms with Gasteiger partial charge in [-0.1, -0.05) is 18.2 Å². The molecule has 2 aromatic carbocycles. The van der Waals surface area contributed by atoms with Gasteiger partial charge >= 0.3 is 11.8 Å². The quantitative estimate of drug-likeness (QED) is 0.501. The van der Waals surface area contributed by atoms with Crippen molar-refractivity contribution in [3.05, 3.63) is 54.1 Å². The highest BCUT2D eigenvalue weighted by Gasteiger charge is 2.24. The molecule has 0 aliphatic rings. The van der Waals surface area contributed by atoms with Gasteiger partial charge in [0.25, 0.3) is 0 Å². The van der Waals surface area contributed by atoms with Gasteiger partial charge in [0, 0.05) is 23.5 Å². The average molecular weight is 388 g/mol. The van der Waals surface area contributed by atoms with Gasteiger partial charge in [-0.15, -0.1) is 11.8 Å². The molecule has 3 N–H and O–H groups in total. The second kappa shape index (κ2) is 9.43. The van der Waals surface area contributed by atoms with E-state index in [9.17, 15) is 14.7 Å². The van der Waals surface area contributed by atoms with Gasteiger partial charge in [-0.2, -0.15) is 0 Å². The minimum atomic E-state index is -1.19. The van der Waals surface area contributed by atoms with Crippen molar-refractivity contribution >= 4 is 29.3 Å². The van der Waals surface area contributed by atoms with Gasteiger partial charge < -0.3 is 20.5 Å². The fourth-order valence-corrected chi connectivity index (χ4v) is 2.94. The molecule has 0 radical (unpaired) electrons. The summed E-state index contributed by atoms with van der Waals surface area (Å²) in [4.78, 5) is 25.0. The molecule has 0 aromatic heterocycles. The highest BCUT2D eigenvalue weighted by Crippen LogP contribution is 2.19. The summed E-state index contributed by atoms with van der Waals surface area (Å²) in [5.74, 6) is -0.832. The highest BCUT2D eigenvalue weighted by molar-refractivity contribution is 7.98.